The zero-order chi connectivity index (χ0) is 27.0. The van der Waals surface area contributed by atoms with Gasteiger partial charge in [0.1, 0.15) is 0 Å². The number of benzene rings is 1. The van der Waals surface area contributed by atoms with E-state index in [1.807, 2.05) is 13.0 Å². The summed E-state index contributed by atoms with van der Waals surface area (Å²) >= 11 is 0. The molecule has 2 atom stereocenters. The number of hydrogen-bond donors (Lipinski definition) is 2. The predicted molar refractivity (Wildman–Crippen MR) is 156 cm³/mol. The Hall–Kier alpha value is -3.19. The molecule has 2 unspecified atom stereocenters. The quantitative estimate of drug-likeness (QED) is 0.519. The van der Waals surface area contributed by atoms with Gasteiger partial charge >= 0.3 is 0 Å². The number of carbonyl (C=O) groups excluding carboxylic acids is 1. The van der Waals surface area contributed by atoms with E-state index in [9.17, 15) is 4.79 Å². The highest BCUT2D eigenvalue weighted by atomic mass is 16.1. The Morgan fingerprint density at radius 3 is 2.74 bits per heavy atom. The summed E-state index contributed by atoms with van der Waals surface area (Å²) in [5.74, 6) is 0.360. The summed E-state index contributed by atoms with van der Waals surface area (Å²) in [4.78, 5) is 20.1. The molecule has 0 spiro atoms. The van der Waals surface area contributed by atoms with Crippen LogP contribution in [0.15, 0.2) is 58.4 Å². The number of fused-ring (bicyclic) bond motifs is 1. The van der Waals surface area contributed by atoms with E-state index in [2.05, 4.69) is 79.2 Å². The predicted octanol–water partition coefficient (Wildman–Crippen LogP) is 4.87. The lowest BCUT2D eigenvalue weighted by Crippen LogP contribution is -2.56. The van der Waals surface area contributed by atoms with Gasteiger partial charge in [0.15, 0.2) is 0 Å². The Kier molecular flexibility index (Phi) is 7.32. The molecule has 5 rings (SSSR count). The molecule has 2 N–H and O–H groups in total. The van der Waals surface area contributed by atoms with Crippen LogP contribution >= 0.6 is 0 Å². The van der Waals surface area contributed by atoms with Crippen molar-refractivity contribution >= 4 is 23.0 Å². The molecule has 1 saturated carbocycles. The molecule has 0 aromatic heterocycles. The Bertz CT molecular complexity index is 1250. The molecule has 2 fully saturated rings. The molecular weight excluding hydrogens is 472 g/mol. The Balaban J connectivity index is 1.53. The number of hydrogen-bond acceptors (Lipinski definition) is 6. The normalized spacial score (nSPS) is 25.9. The van der Waals surface area contributed by atoms with Crippen LogP contribution in [0.5, 0.6) is 0 Å². The molecule has 4 aliphatic rings. The van der Waals surface area contributed by atoms with Gasteiger partial charge in [-0.3, -0.25) is 9.79 Å². The van der Waals surface area contributed by atoms with Crippen molar-refractivity contribution in [3.8, 4) is 0 Å². The monoisotopic (exact) mass is 514 g/mol. The summed E-state index contributed by atoms with van der Waals surface area (Å²) in [6, 6.07) is 6.48. The first-order valence-corrected chi connectivity index (χ1v) is 14.1. The third-order valence-corrected chi connectivity index (χ3v) is 8.23. The molecule has 0 bridgehead atoms. The van der Waals surface area contributed by atoms with Crippen molar-refractivity contribution in [2.45, 2.75) is 71.4 Å². The third-order valence-electron chi connectivity index (χ3n) is 8.23. The molecule has 1 aliphatic carbocycles. The van der Waals surface area contributed by atoms with Crippen molar-refractivity contribution in [1.82, 2.24) is 20.5 Å². The molecule has 202 valence electrons. The topological polar surface area (TPSA) is 72.3 Å². The zero-order valence-corrected chi connectivity index (χ0v) is 23.6. The number of rotatable bonds is 8. The molecule has 1 saturated heterocycles. The molecular formula is C31H42N6O. The number of amides is 1. The van der Waals surface area contributed by atoms with Gasteiger partial charge in [-0.15, -0.1) is 0 Å². The molecule has 0 radical (unpaired) electrons. The van der Waals surface area contributed by atoms with Gasteiger partial charge in [-0.2, -0.15) is 5.10 Å². The molecule has 1 aromatic rings. The Labute approximate surface area is 227 Å². The van der Waals surface area contributed by atoms with E-state index in [4.69, 9.17) is 10.1 Å². The molecule has 1 amide bonds. The third kappa shape index (κ3) is 5.48. The second-order valence-corrected chi connectivity index (χ2v) is 11.6. The van der Waals surface area contributed by atoms with Gasteiger partial charge in [-0.1, -0.05) is 31.7 Å². The maximum absolute atomic E-state index is 12.8. The van der Waals surface area contributed by atoms with Crippen molar-refractivity contribution in [3.05, 3.63) is 65.0 Å². The maximum Gasteiger partial charge on any atom is 0.251 e. The first kappa shape index (κ1) is 26.4. The van der Waals surface area contributed by atoms with Gasteiger partial charge in [0.25, 0.3) is 5.91 Å². The summed E-state index contributed by atoms with van der Waals surface area (Å²) < 4.78 is 0. The molecule has 3 heterocycles. The fraction of sp³-hybridized carbons (Fsp3) is 0.516. The van der Waals surface area contributed by atoms with Crippen LogP contribution in [-0.4, -0.2) is 65.5 Å². The molecule has 38 heavy (non-hydrogen) atoms. The van der Waals surface area contributed by atoms with Gasteiger partial charge in [0, 0.05) is 42.7 Å². The molecule has 3 aliphatic heterocycles. The average Bonchev–Trinajstić information content (AvgIpc) is 3.72. The second-order valence-electron chi connectivity index (χ2n) is 11.6. The fourth-order valence-corrected chi connectivity index (χ4v) is 5.13. The SMILES string of the molecule is C=C(C1=NN2C(=CCC(C)C=C2c2ccc(C(=O)NC3CC3)c(C)c2)C(=NCC2(C)CCN2)C1)N(C)CC. The van der Waals surface area contributed by atoms with Crippen LogP contribution in [0, 0.1) is 12.8 Å². The number of aryl methyl sites for hydroxylation is 1. The van der Waals surface area contributed by atoms with Crippen LogP contribution < -0.4 is 10.6 Å². The summed E-state index contributed by atoms with van der Waals surface area (Å²) in [5.41, 5.74) is 7.85. The minimum atomic E-state index is 0.0186. The van der Waals surface area contributed by atoms with E-state index in [0.717, 1.165) is 90.5 Å². The molecule has 1 aromatic carbocycles. The van der Waals surface area contributed by atoms with Crippen LogP contribution in [0.3, 0.4) is 0 Å². The lowest BCUT2D eigenvalue weighted by molar-refractivity contribution is 0.0950. The summed E-state index contributed by atoms with van der Waals surface area (Å²) in [5, 5.41) is 13.9. The number of aliphatic imine (C=N–C) groups is 1. The largest absolute Gasteiger partial charge is 0.374 e. The van der Waals surface area contributed by atoms with E-state index in [1.54, 1.807) is 0 Å². The summed E-state index contributed by atoms with van der Waals surface area (Å²) in [6.45, 7) is 15.7. The first-order valence-electron chi connectivity index (χ1n) is 14.1. The number of carbonyl (C=O) groups is 1. The Morgan fingerprint density at radius 1 is 1.34 bits per heavy atom. The summed E-state index contributed by atoms with van der Waals surface area (Å²) in [6.07, 6.45) is 9.48. The zero-order valence-electron chi connectivity index (χ0n) is 23.6. The summed E-state index contributed by atoms with van der Waals surface area (Å²) in [7, 11) is 2.06. The maximum atomic E-state index is 12.8. The van der Waals surface area contributed by atoms with Crippen LogP contribution in [0.1, 0.15) is 74.4 Å². The van der Waals surface area contributed by atoms with Crippen molar-refractivity contribution in [2.75, 3.05) is 26.7 Å². The average molecular weight is 515 g/mol. The van der Waals surface area contributed by atoms with E-state index < -0.39 is 0 Å². The highest BCUT2D eigenvalue weighted by Crippen LogP contribution is 2.36. The van der Waals surface area contributed by atoms with Crippen LogP contribution in [0.2, 0.25) is 0 Å². The smallest absolute Gasteiger partial charge is 0.251 e. The number of allylic oxidation sites excluding steroid dienone is 4. The van der Waals surface area contributed by atoms with Gasteiger partial charge in [-0.25, -0.2) is 5.01 Å². The number of nitrogens with one attached hydrogen (secondary N) is 2. The van der Waals surface area contributed by atoms with E-state index in [-0.39, 0.29) is 11.4 Å². The minimum absolute atomic E-state index is 0.0186. The van der Waals surface area contributed by atoms with Gasteiger partial charge in [-0.05, 0) is 76.6 Å². The molecule has 7 nitrogen and oxygen atoms in total. The van der Waals surface area contributed by atoms with E-state index in [1.165, 1.54) is 0 Å². The van der Waals surface area contributed by atoms with Crippen LogP contribution in [0.4, 0.5) is 0 Å². The fourth-order valence-electron chi connectivity index (χ4n) is 5.13. The highest BCUT2D eigenvalue weighted by Gasteiger charge is 2.34. The minimum Gasteiger partial charge on any atom is -0.374 e. The Morgan fingerprint density at radius 2 is 2.11 bits per heavy atom. The van der Waals surface area contributed by atoms with Crippen molar-refractivity contribution in [2.24, 2.45) is 16.0 Å². The van der Waals surface area contributed by atoms with Crippen molar-refractivity contribution < 1.29 is 4.79 Å². The number of hydrazone groups is 1. The lowest BCUT2D eigenvalue weighted by atomic mass is 9.90. The van der Waals surface area contributed by atoms with Gasteiger partial charge < -0.3 is 15.5 Å². The lowest BCUT2D eigenvalue weighted by Gasteiger charge is -2.39. The van der Waals surface area contributed by atoms with Crippen molar-refractivity contribution in [1.29, 1.82) is 0 Å². The van der Waals surface area contributed by atoms with Crippen molar-refractivity contribution in [3.63, 3.8) is 0 Å². The van der Waals surface area contributed by atoms with Gasteiger partial charge in [0.2, 0.25) is 0 Å². The van der Waals surface area contributed by atoms with E-state index >= 15 is 0 Å². The van der Waals surface area contributed by atoms with Gasteiger partial charge in [0.05, 0.1) is 35.1 Å². The highest BCUT2D eigenvalue weighted by molar-refractivity contribution is 6.19. The standard InChI is InChI=1S/C31H42N6O/c1-7-36(6)22(4)26-18-27(32-19-31(5)14-15-33-31)28-13-8-20(2)16-29(37(28)35-26)23-9-12-25(21(3)17-23)30(38)34-24-10-11-24/h9,12-13,16-17,20,24,33H,4,7-8,10-11,14-15,18-19H2,1-3,5-6H3,(H,34,38). The first-order chi connectivity index (χ1) is 18.2. The number of nitrogens with zero attached hydrogens (tertiary/aromatic N) is 4. The molecule has 7 heteroatoms. The van der Waals surface area contributed by atoms with E-state index in [0.29, 0.717) is 18.4 Å². The van der Waals surface area contributed by atoms with Crippen LogP contribution in [0.25, 0.3) is 5.70 Å². The van der Waals surface area contributed by atoms with Crippen LogP contribution in [-0.2, 0) is 0 Å². The second kappa shape index (κ2) is 10.5.